The highest BCUT2D eigenvalue weighted by Gasteiger charge is 2.02. The van der Waals surface area contributed by atoms with Crippen LogP contribution >= 0.6 is 0 Å². The van der Waals surface area contributed by atoms with Crippen molar-refractivity contribution in [3.63, 3.8) is 0 Å². The highest BCUT2D eigenvalue weighted by molar-refractivity contribution is 5.76. The Balaban J connectivity index is 2.14. The minimum Gasteiger partial charge on any atom is -0.244 e. The molecule has 0 aliphatic carbocycles. The molecule has 0 saturated heterocycles. The molecule has 0 bridgehead atoms. The Morgan fingerprint density at radius 1 is 0.882 bits per heavy atom. The number of nitrogens with zero attached hydrogens (tertiary/aromatic N) is 2. The van der Waals surface area contributed by atoms with Gasteiger partial charge in [-0.2, -0.15) is 0 Å². The summed E-state index contributed by atoms with van der Waals surface area (Å²) >= 11 is 0. The van der Waals surface area contributed by atoms with Crippen LogP contribution in [0.4, 0.5) is 4.39 Å². The summed E-state index contributed by atoms with van der Waals surface area (Å²) in [7, 11) is 0. The molecule has 2 aromatic carbocycles. The molecule has 0 saturated carbocycles. The van der Waals surface area contributed by atoms with Crippen molar-refractivity contribution in [1.82, 2.24) is 9.97 Å². The smallest absolute Gasteiger partial charge is 0.123 e. The Morgan fingerprint density at radius 2 is 1.59 bits per heavy atom. The maximum Gasteiger partial charge on any atom is 0.123 e. The summed E-state index contributed by atoms with van der Waals surface area (Å²) in [6.45, 7) is 0. The Hall–Kier alpha value is -2.29. The lowest BCUT2D eigenvalue weighted by atomic mass is 10.1. The van der Waals surface area contributed by atoms with Crippen LogP contribution in [0.3, 0.4) is 0 Å². The normalized spacial score (nSPS) is 10.6. The van der Waals surface area contributed by atoms with Crippen LogP contribution in [-0.2, 0) is 0 Å². The third kappa shape index (κ3) is 1.87. The van der Waals surface area contributed by atoms with Crippen molar-refractivity contribution in [3.8, 4) is 11.3 Å². The van der Waals surface area contributed by atoms with E-state index in [1.807, 2.05) is 24.3 Å². The Morgan fingerprint density at radius 3 is 2.35 bits per heavy atom. The fraction of sp³-hybridized carbons (Fsp3) is 0. The third-order valence-corrected chi connectivity index (χ3v) is 2.51. The van der Waals surface area contributed by atoms with Crippen molar-refractivity contribution in [2.24, 2.45) is 0 Å². The number of aromatic nitrogens is 2. The molecular formula is C14H8FN2. The van der Waals surface area contributed by atoms with Gasteiger partial charge in [0, 0.05) is 5.56 Å². The summed E-state index contributed by atoms with van der Waals surface area (Å²) in [5.74, 6) is -0.262. The maximum absolute atomic E-state index is 12.8. The van der Waals surface area contributed by atoms with Crippen LogP contribution in [0.25, 0.3) is 22.3 Å². The number of fused-ring (bicyclic) bond motifs is 1. The SMILES string of the molecule is Fc1ccc(-c2[c]nc3ccccc3n2)cc1. The topological polar surface area (TPSA) is 25.8 Å². The predicted octanol–water partition coefficient (Wildman–Crippen LogP) is 3.24. The fourth-order valence-electron chi connectivity index (χ4n) is 1.65. The number of halogens is 1. The first-order chi connectivity index (χ1) is 8.33. The molecule has 0 spiro atoms. The lowest BCUT2D eigenvalue weighted by Gasteiger charge is -2.01. The summed E-state index contributed by atoms with van der Waals surface area (Å²) in [6, 6.07) is 13.7. The lowest BCUT2D eigenvalue weighted by Crippen LogP contribution is -1.89. The Bertz CT molecular complexity index is 662. The van der Waals surface area contributed by atoms with Crippen molar-refractivity contribution in [1.29, 1.82) is 0 Å². The van der Waals surface area contributed by atoms with Crippen molar-refractivity contribution >= 4 is 11.0 Å². The van der Waals surface area contributed by atoms with E-state index < -0.39 is 0 Å². The lowest BCUT2D eigenvalue weighted by molar-refractivity contribution is 0.628. The number of hydrogen-bond donors (Lipinski definition) is 0. The second-order valence-electron chi connectivity index (χ2n) is 3.68. The van der Waals surface area contributed by atoms with E-state index in [4.69, 9.17) is 0 Å². The van der Waals surface area contributed by atoms with Gasteiger partial charge in [0.2, 0.25) is 0 Å². The minimum absolute atomic E-state index is 0.262. The van der Waals surface area contributed by atoms with Gasteiger partial charge in [0.25, 0.3) is 0 Å². The van der Waals surface area contributed by atoms with E-state index in [0.717, 1.165) is 16.6 Å². The van der Waals surface area contributed by atoms with Gasteiger partial charge < -0.3 is 0 Å². The molecule has 0 amide bonds. The summed E-state index contributed by atoms with van der Waals surface area (Å²) < 4.78 is 12.8. The highest BCUT2D eigenvalue weighted by Crippen LogP contribution is 2.18. The van der Waals surface area contributed by atoms with E-state index in [1.54, 1.807) is 12.1 Å². The predicted molar refractivity (Wildman–Crippen MR) is 63.8 cm³/mol. The molecule has 0 fully saturated rings. The summed E-state index contributed by atoms with van der Waals surface area (Å²) in [4.78, 5) is 8.63. The van der Waals surface area contributed by atoms with Crippen molar-refractivity contribution in [2.45, 2.75) is 0 Å². The van der Waals surface area contributed by atoms with E-state index in [2.05, 4.69) is 16.2 Å². The largest absolute Gasteiger partial charge is 0.244 e. The average Bonchev–Trinajstić information content (AvgIpc) is 2.39. The molecule has 0 atom stereocenters. The third-order valence-electron chi connectivity index (χ3n) is 2.51. The van der Waals surface area contributed by atoms with Crippen LogP contribution in [0, 0.1) is 12.0 Å². The highest BCUT2D eigenvalue weighted by atomic mass is 19.1. The van der Waals surface area contributed by atoms with Gasteiger partial charge in [-0.15, -0.1) is 0 Å². The molecule has 1 heterocycles. The quantitative estimate of drug-likeness (QED) is 0.633. The summed E-state index contributed by atoms with van der Waals surface area (Å²) in [6.07, 6.45) is 2.86. The summed E-state index contributed by atoms with van der Waals surface area (Å²) in [5.41, 5.74) is 3.05. The van der Waals surface area contributed by atoms with E-state index in [1.165, 1.54) is 12.1 Å². The molecule has 1 radical (unpaired) electrons. The molecule has 1 aromatic heterocycles. The van der Waals surface area contributed by atoms with Crippen LogP contribution in [0.15, 0.2) is 48.5 Å². The Labute approximate surface area is 97.8 Å². The zero-order chi connectivity index (χ0) is 11.7. The van der Waals surface area contributed by atoms with Gasteiger partial charge >= 0.3 is 0 Å². The van der Waals surface area contributed by atoms with E-state index >= 15 is 0 Å². The molecule has 81 valence electrons. The first-order valence-corrected chi connectivity index (χ1v) is 5.23. The zero-order valence-electron chi connectivity index (χ0n) is 8.89. The molecule has 3 aromatic rings. The van der Waals surface area contributed by atoms with Gasteiger partial charge in [0.05, 0.1) is 16.7 Å². The van der Waals surface area contributed by atoms with Crippen LogP contribution in [0.5, 0.6) is 0 Å². The first kappa shape index (κ1) is 9.90. The van der Waals surface area contributed by atoms with Crippen LogP contribution in [0.2, 0.25) is 0 Å². The van der Waals surface area contributed by atoms with Gasteiger partial charge in [-0.1, -0.05) is 12.1 Å². The molecule has 2 nitrogen and oxygen atoms in total. The first-order valence-electron chi connectivity index (χ1n) is 5.23. The molecule has 3 heteroatoms. The van der Waals surface area contributed by atoms with Gasteiger partial charge in [-0.05, 0) is 36.4 Å². The van der Waals surface area contributed by atoms with Gasteiger partial charge in [-0.25, -0.2) is 14.4 Å². The van der Waals surface area contributed by atoms with Crippen molar-refractivity contribution < 1.29 is 4.39 Å². The number of benzene rings is 2. The molecule has 17 heavy (non-hydrogen) atoms. The van der Waals surface area contributed by atoms with Crippen molar-refractivity contribution in [2.75, 3.05) is 0 Å². The Kier molecular flexibility index (Phi) is 2.29. The van der Waals surface area contributed by atoms with Gasteiger partial charge in [-0.3, -0.25) is 0 Å². The molecule has 0 unspecified atom stereocenters. The van der Waals surface area contributed by atoms with Crippen LogP contribution in [0.1, 0.15) is 0 Å². The number of rotatable bonds is 1. The van der Waals surface area contributed by atoms with E-state index in [9.17, 15) is 4.39 Å². The molecule has 0 aliphatic rings. The van der Waals surface area contributed by atoms with Gasteiger partial charge in [0.15, 0.2) is 0 Å². The summed E-state index contributed by atoms with van der Waals surface area (Å²) in [5, 5.41) is 0. The monoisotopic (exact) mass is 223 g/mol. The molecular weight excluding hydrogens is 215 g/mol. The number of hydrogen-bond acceptors (Lipinski definition) is 2. The minimum atomic E-state index is -0.262. The maximum atomic E-state index is 12.8. The average molecular weight is 223 g/mol. The second-order valence-corrected chi connectivity index (χ2v) is 3.68. The van der Waals surface area contributed by atoms with E-state index in [-0.39, 0.29) is 5.82 Å². The second kappa shape index (κ2) is 3.94. The van der Waals surface area contributed by atoms with E-state index in [0.29, 0.717) is 5.69 Å². The van der Waals surface area contributed by atoms with Crippen LogP contribution in [-0.4, -0.2) is 9.97 Å². The standard InChI is InChI=1S/C14H8FN2/c15-11-7-5-10(6-8-11)14-9-16-12-3-1-2-4-13(12)17-14/h1-8H. The molecule has 3 rings (SSSR count). The number of para-hydroxylation sites is 2. The van der Waals surface area contributed by atoms with Crippen molar-refractivity contribution in [3.05, 3.63) is 60.5 Å². The van der Waals surface area contributed by atoms with Gasteiger partial charge in [0.1, 0.15) is 12.0 Å². The fourth-order valence-corrected chi connectivity index (χ4v) is 1.65. The molecule has 0 N–H and O–H groups in total. The van der Waals surface area contributed by atoms with Crippen LogP contribution < -0.4 is 0 Å². The zero-order valence-corrected chi connectivity index (χ0v) is 8.89. The molecule has 0 aliphatic heterocycles.